The quantitative estimate of drug-likeness (QED) is 0.171. The smallest absolute Gasteiger partial charge is 0.164 e. The average Bonchev–Trinajstić information content (AvgIpc) is 3.86. The summed E-state index contributed by atoms with van der Waals surface area (Å²) in [5.41, 5.74) is 11.2. The van der Waals surface area contributed by atoms with Gasteiger partial charge in [0.1, 0.15) is 11.2 Å². The minimum atomic E-state index is 0.594. The molecule has 0 spiro atoms. The third-order valence-corrected chi connectivity index (χ3v) is 11.8. The molecule has 11 aromatic rings. The van der Waals surface area contributed by atoms with Crippen molar-refractivity contribution < 1.29 is 4.42 Å². The van der Waals surface area contributed by atoms with Gasteiger partial charge in [-0.1, -0.05) is 176 Å². The number of hydrogen-bond donors (Lipinski definition) is 0. The van der Waals surface area contributed by atoms with Gasteiger partial charge in [-0.3, -0.25) is 0 Å². The summed E-state index contributed by atoms with van der Waals surface area (Å²) in [6.45, 7) is 0. The van der Waals surface area contributed by atoms with Crippen LogP contribution in [0.5, 0.6) is 0 Å². The fourth-order valence-corrected chi connectivity index (χ4v) is 9.19. The van der Waals surface area contributed by atoms with Gasteiger partial charge in [-0.05, 0) is 34.4 Å². The van der Waals surface area contributed by atoms with Gasteiger partial charge in [0, 0.05) is 58.8 Å². The molecule has 56 heavy (non-hydrogen) atoms. The molecule has 0 saturated carbocycles. The number of rotatable bonds is 6. The van der Waals surface area contributed by atoms with Crippen molar-refractivity contribution in [2.75, 3.05) is 0 Å². The molecule has 3 heterocycles. The molecule has 3 aromatic heterocycles. The van der Waals surface area contributed by atoms with Crippen LogP contribution in [0.1, 0.15) is 0 Å². The van der Waals surface area contributed by atoms with Gasteiger partial charge in [0.2, 0.25) is 0 Å². The molecule has 0 fully saturated rings. The van der Waals surface area contributed by atoms with E-state index in [0.29, 0.717) is 17.5 Å². The van der Waals surface area contributed by atoms with E-state index in [2.05, 4.69) is 140 Å². The molecule has 0 bridgehead atoms. The van der Waals surface area contributed by atoms with Gasteiger partial charge in [0.05, 0.1) is 0 Å². The molecule has 0 atom stereocenters. The molecular formula is C51H31N3OS. The molecule has 0 aliphatic carbocycles. The van der Waals surface area contributed by atoms with Crippen molar-refractivity contribution in [2.45, 2.75) is 0 Å². The molecule has 4 nitrogen and oxygen atoms in total. The second-order valence-electron chi connectivity index (χ2n) is 13.9. The molecule has 11 rings (SSSR count). The van der Waals surface area contributed by atoms with Gasteiger partial charge in [0.15, 0.2) is 17.5 Å². The number of benzene rings is 8. The summed E-state index contributed by atoms with van der Waals surface area (Å²) in [5.74, 6) is 1.83. The Balaban J connectivity index is 1.13. The highest BCUT2D eigenvalue weighted by molar-refractivity contribution is 7.26. The highest BCUT2D eigenvalue weighted by Crippen LogP contribution is 2.48. The van der Waals surface area contributed by atoms with Crippen LogP contribution >= 0.6 is 11.3 Å². The number of aromatic nitrogens is 3. The molecule has 5 heteroatoms. The van der Waals surface area contributed by atoms with E-state index in [4.69, 9.17) is 19.4 Å². The van der Waals surface area contributed by atoms with E-state index in [1.165, 1.54) is 36.9 Å². The molecule has 0 aliphatic rings. The summed E-state index contributed by atoms with van der Waals surface area (Å²) < 4.78 is 9.44. The lowest BCUT2D eigenvalue weighted by Gasteiger charge is -2.13. The standard InChI is InChI=1S/C51H31N3OS/c1-4-14-32(15-5-1)33-26-28-36(29-27-33)50-52-49(35-18-8-3-9-19-35)53-51(54-50)42-23-13-24-43-45(42)40-21-12-22-41(47(40)55-43)46-37(34-16-6-2-7-17-34)30-31-39-38-20-10-11-25-44(38)56-48(39)46/h1-31H. The van der Waals surface area contributed by atoms with Crippen LogP contribution in [0.25, 0.3) is 110 Å². The molecule has 0 aliphatic heterocycles. The molecule has 262 valence electrons. The predicted octanol–water partition coefficient (Wildman–Crippen LogP) is 14.1. The van der Waals surface area contributed by atoms with E-state index in [1.807, 2.05) is 59.9 Å². The Bertz CT molecular complexity index is 3230. The monoisotopic (exact) mass is 733 g/mol. The Morgan fingerprint density at radius 1 is 0.357 bits per heavy atom. The van der Waals surface area contributed by atoms with Crippen LogP contribution in [-0.4, -0.2) is 15.0 Å². The molecule has 0 amide bonds. The Morgan fingerprint density at radius 2 is 0.911 bits per heavy atom. The summed E-state index contributed by atoms with van der Waals surface area (Å²) in [6.07, 6.45) is 0. The second-order valence-corrected chi connectivity index (χ2v) is 15.0. The SMILES string of the molecule is c1ccc(-c2ccc(-c3nc(-c4ccccc4)nc(-c4cccc5oc6c(-c7c(-c8ccccc8)ccc8c7sc7ccccc78)cccc6c45)n3)cc2)cc1. The van der Waals surface area contributed by atoms with Crippen molar-refractivity contribution >= 4 is 53.4 Å². The van der Waals surface area contributed by atoms with Crippen LogP contribution in [0.2, 0.25) is 0 Å². The lowest BCUT2D eigenvalue weighted by Crippen LogP contribution is -2.00. The minimum absolute atomic E-state index is 0.594. The van der Waals surface area contributed by atoms with E-state index in [0.717, 1.165) is 55.3 Å². The van der Waals surface area contributed by atoms with Crippen molar-refractivity contribution in [3.63, 3.8) is 0 Å². The van der Waals surface area contributed by atoms with Gasteiger partial charge in [-0.15, -0.1) is 11.3 Å². The number of hydrogen-bond acceptors (Lipinski definition) is 5. The third-order valence-electron chi connectivity index (χ3n) is 10.6. The fourth-order valence-electron chi connectivity index (χ4n) is 7.93. The van der Waals surface area contributed by atoms with Crippen molar-refractivity contribution in [1.82, 2.24) is 15.0 Å². The number of thiophene rings is 1. The molecule has 0 radical (unpaired) electrons. The van der Waals surface area contributed by atoms with Crippen molar-refractivity contribution in [3.05, 3.63) is 188 Å². The first kappa shape index (κ1) is 32.2. The van der Waals surface area contributed by atoms with Crippen LogP contribution in [0.4, 0.5) is 0 Å². The van der Waals surface area contributed by atoms with Crippen LogP contribution in [0, 0.1) is 0 Å². The van der Waals surface area contributed by atoms with Crippen LogP contribution in [0.15, 0.2) is 192 Å². The minimum Gasteiger partial charge on any atom is -0.455 e. The first-order valence-corrected chi connectivity index (χ1v) is 19.5. The van der Waals surface area contributed by atoms with E-state index in [9.17, 15) is 0 Å². The molecular weight excluding hydrogens is 703 g/mol. The highest BCUT2D eigenvalue weighted by Gasteiger charge is 2.23. The summed E-state index contributed by atoms with van der Waals surface area (Å²) in [5, 5.41) is 4.50. The zero-order valence-corrected chi connectivity index (χ0v) is 30.9. The summed E-state index contributed by atoms with van der Waals surface area (Å²) in [4.78, 5) is 15.3. The van der Waals surface area contributed by atoms with E-state index in [1.54, 1.807) is 0 Å². The number of fused-ring (bicyclic) bond motifs is 6. The Morgan fingerprint density at radius 3 is 1.66 bits per heavy atom. The summed E-state index contributed by atoms with van der Waals surface area (Å²) >= 11 is 1.84. The molecule has 0 unspecified atom stereocenters. The normalized spacial score (nSPS) is 11.6. The summed E-state index contributed by atoms with van der Waals surface area (Å²) in [7, 11) is 0. The Labute approximate surface area is 327 Å². The van der Waals surface area contributed by atoms with Crippen molar-refractivity contribution in [1.29, 1.82) is 0 Å². The van der Waals surface area contributed by atoms with Crippen LogP contribution in [-0.2, 0) is 0 Å². The maximum atomic E-state index is 6.93. The maximum absolute atomic E-state index is 6.93. The van der Waals surface area contributed by atoms with Gasteiger partial charge < -0.3 is 4.42 Å². The first-order chi connectivity index (χ1) is 27.8. The second kappa shape index (κ2) is 13.3. The van der Waals surface area contributed by atoms with Crippen LogP contribution < -0.4 is 0 Å². The van der Waals surface area contributed by atoms with Crippen LogP contribution in [0.3, 0.4) is 0 Å². The van der Waals surface area contributed by atoms with Gasteiger partial charge in [-0.2, -0.15) is 0 Å². The average molecular weight is 734 g/mol. The predicted molar refractivity (Wildman–Crippen MR) is 233 cm³/mol. The third kappa shape index (κ3) is 5.40. The lowest BCUT2D eigenvalue weighted by atomic mass is 9.91. The number of nitrogens with zero attached hydrogens (tertiary/aromatic N) is 3. The largest absolute Gasteiger partial charge is 0.455 e. The van der Waals surface area contributed by atoms with Crippen molar-refractivity contribution in [2.24, 2.45) is 0 Å². The first-order valence-electron chi connectivity index (χ1n) is 18.7. The fraction of sp³-hybridized carbons (Fsp3) is 0. The molecule has 0 N–H and O–H groups in total. The summed E-state index contributed by atoms with van der Waals surface area (Å²) in [6, 6.07) is 65.5. The van der Waals surface area contributed by atoms with Gasteiger partial charge in [0.25, 0.3) is 0 Å². The Kier molecular flexibility index (Phi) is 7.64. The number of para-hydroxylation sites is 1. The topological polar surface area (TPSA) is 51.8 Å². The van der Waals surface area contributed by atoms with Crippen molar-refractivity contribution in [3.8, 4) is 67.5 Å². The molecule has 8 aromatic carbocycles. The molecule has 0 saturated heterocycles. The Hall–Kier alpha value is -7.21. The zero-order valence-electron chi connectivity index (χ0n) is 30.1. The van der Waals surface area contributed by atoms with Gasteiger partial charge in [-0.25, -0.2) is 15.0 Å². The van der Waals surface area contributed by atoms with E-state index >= 15 is 0 Å². The number of furan rings is 1. The highest BCUT2D eigenvalue weighted by atomic mass is 32.1. The van der Waals surface area contributed by atoms with E-state index < -0.39 is 0 Å². The lowest BCUT2D eigenvalue weighted by molar-refractivity contribution is 0.670. The van der Waals surface area contributed by atoms with Gasteiger partial charge >= 0.3 is 0 Å². The van der Waals surface area contributed by atoms with E-state index in [-0.39, 0.29) is 0 Å². The maximum Gasteiger partial charge on any atom is 0.164 e. The zero-order chi connectivity index (χ0) is 37.0.